The number of aromatic nitrogens is 1. The van der Waals surface area contributed by atoms with E-state index < -0.39 is 0 Å². The Bertz CT molecular complexity index is 697. The lowest BCUT2D eigenvalue weighted by Crippen LogP contribution is -2.51. The standard InChI is InChI=1S/C22H31N3O4/c26-20(25-9-12-28-13-10-25)14-18-3-11-29-22(16-18)4-7-24(8-5-22)21(27)15-19-2-1-6-23-17-19/h1-2,6,17-18H,3-5,7-16H2. The lowest BCUT2D eigenvalue weighted by molar-refractivity contribution is -0.150. The minimum atomic E-state index is -0.167. The largest absolute Gasteiger partial charge is 0.378 e. The van der Waals surface area contributed by atoms with Gasteiger partial charge in [-0.3, -0.25) is 14.6 Å². The Kier molecular flexibility index (Phi) is 6.45. The van der Waals surface area contributed by atoms with Crippen molar-refractivity contribution in [1.82, 2.24) is 14.8 Å². The van der Waals surface area contributed by atoms with Gasteiger partial charge in [0.15, 0.2) is 0 Å². The molecule has 0 saturated carbocycles. The molecule has 7 nitrogen and oxygen atoms in total. The first kappa shape index (κ1) is 20.3. The maximum Gasteiger partial charge on any atom is 0.227 e. The summed E-state index contributed by atoms with van der Waals surface area (Å²) < 4.78 is 11.6. The summed E-state index contributed by atoms with van der Waals surface area (Å²) in [7, 11) is 0. The minimum Gasteiger partial charge on any atom is -0.378 e. The smallest absolute Gasteiger partial charge is 0.227 e. The van der Waals surface area contributed by atoms with Crippen molar-refractivity contribution >= 4 is 11.8 Å². The first-order chi connectivity index (χ1) is 14.1. The van der Waals surface area contributed by atoms with E-state index in [-0.39, 0.29) is 17.4 Å². The van der Waals surface area contributed by atoms with Gasteiger partial charge in [-0.25, -0.2) is 0 Å². The third-order valence-corrected chi connectivity index (χ3v) is 6.53. The highest BCUT2D eigenvalue weighted by atomic mass is 16.5. The molecule has 1 unspecified atom stereocenters. The summed E-state index contributed by atoms with van der Waals surface area (Å²) in [4.78, 5) is 33.2. The topological polar surface area (TPSA) is 72.0 Å². The molecule has 0 aliphatic carbocycles. The van der Waals surface area contributed by atoms with Crippen molar-refractivity contribution in [2.24, 2.45) is 5.92 Å². The zero-order chi connectivity index (χ0) is 20.1. The van der Waals surface area contributed by atoms with Crippen molar-refractivity contribution in [3.8, 4) is 0 Å². The van der Waals surface area contributed by atoms with Gasteiger partial charge < -0.3 is 19.3 Å². The molecule has 3 saturated heterocycles. The molecule has 0 bridgehead atoms. The van der Waals surface area contributed by atoms with Gasteiger partial charge in [-0.05, 0) is 43.2 Å². The molecule has 29 heavy (non-hydrogen) atoms. The number of morpholine rings is 1. The zero-order valence-electron chi connectivity index (χ0n) is 17.1. The van der Waals surface area contributed by atoms with E-state index in [1.165, 1.54) is 0 Å². The Morgan fingerprint density at radius 2 is 1.83 bits per heavy atom. The molecule has 4 rings (SSSR count). The van der Waals surface area contributed by atoms with Crippen LogP contribution in [0, 0.1) is 5.92 Å². The molecule has 0 aromatic carbocycles. The van der Waals surface area contributed by atoms with Crippen LogP contribution in [0.3, 0.4) is 0 Å². The summed E-state index contributed by atoms with van der Waals surface area (Å²) in [6.07, 6.45) is 8.06. The van der Waals surface area contributed by atoms with Gasteiger partial charge in [-0.1, -0.05) is 6.07 Å². The number of amides is 2. The fourth-order valence-corrected chi connectivity index (χ4v) is 4.79. The fourth-order valence-electron chi connectivity index (χ4n) is 4.79. The van der Waals surface area contributed by atoms with Crippen LogP contribution >= 0.6 is 0 Å². The number of nitrogens with zero attached hydrogens (tertiary/aromatic N) is 3. The van der Waals surface area contributed by atoms with Crippen LogP contribution in [0.5, 0.6) is 0 Å². The Balaban J connectivity index is 1.27. The Morgan fingerprint density at radius 3 is 2.55 bits per heavy atom. The highest BCUT2D eigenvalue weighted by molar-refractivity contribution is 5.78. The van der Waals surface area contributed by atoms with Crippen molar-refractivity contribution in [2.45, 2.75) is 44.1 Å². The van der Waals surface area contributed by atoms with Crippen LogP contribution in [0.1, 0.15) is 37.7 Å². The van der Waals surface area contributed by atoms with Crippen molar-refractivity contribution in [3.05, 3.63) is 30.1 Å². The zero-order valence-corrected chi connectivity index (χ0v) is 17.1. The second-order valence-electron chi connectivity index (χ2n) is 8.51. The second kappa shape index (κ2) is 9.22. The second-order valence-corrected chi connectivity index (χ2v) is 8.51. The number of ether oxygens (including phenoxy) is 2. The lowest BCUT2D eigenvalue weighted by atomic mass is 9.78. The number of likely N-dealkylation sites (tertiary alicyclic amines) is 1. The van der Waals surface area contributed by atoms with Gasteiger partial charge in [0.25, 0.3) is 0 Å². The molecule has 1 aromatic heterocycles. The third-order valence-electron chi connectivity index (χ3n) is 6.53. The minimum absolute atomic E-state index is 0.155. The van der Waals surface area contributed by atoms with Gasteiger partial charge in [0, 0.05) is 51.6 Å². The molecular formula is C22H31N3O4. The predicted molar refractivity (Wildman–Crippen MR) is 107 cm³/mol. The van der Waals surface area contributed by atoms with Crippen molar-refractivity contribution in [3.63, 3.8) is 0 Å². The van der Waals surface area contributed by atoms with Crippen molar-refractivity contribution in [2.75, 3.05) is 46.0 Å². The Labute approximate surface area is 172 Å². The normalized spacial score (nSPS) is 24.5. The molecule has 1 aromatic rings. The number of pyridine rings is 1. The van der Waals surface area contributed by atoms with E-state index in [9.17, 15) is 9.59 Å². The highest BCUT2D eigenvalue weighted by Gasteiger charge is 2.41. The Morgan fingerprint density at radius 1 is 1.07 bits per heavy atom. The van der Waals surface area contributed by atoms with Crippen molar-refractivity contribution in [1.29, 1.82) is 0 Å². The molecular weight excluding hydrogens is 370 g/mol. The van der Waals surface area contributed by atoms with Gasteiger partial charge in [-0.2, -0.15) is 0 Å². The average molecular weight is 402 g/mol. The maximum atomic E-state index is 12.6. The van der Waals surface area contributed by atoms with Crippen LogP contribution in [0.15, 0.2) is 24.5 Å². The number of carbonyl (C=O) groups is 2. The average Bonchev–Trinajstić information content (AvgIpc) is 2.75. The summed E-state index contributed by atoms with van der Waals surface area (Å²) in [6.45, 7) is 4.87. The molecule has 2 amide bonds. The van der Waals surface area contributed by atoms with E-state index >= 15 is 0 Å². The first-order valence-electron chi connectivity index (χ1n) is 10.8. The molecule has 0 radical (unpaired) electrons. The number of hydrogen-bond donors (Lipinski definition) is 0. The Hall–Kier alpha value is -1.99. The molecule has 1 spiro atoms. The van der Waals surface area contributed by atoms with Gasteiger partial charge in [0.2, 0.25) is 11.8 Å². The van der Waals surface area contributed by atoms with E-state index in [1.54, 1.807) is 12.4 Å². The number of hydrogen-bond acceptors (Lipinski definition) is 5. The van der Waals surface area contributed by atoms with E-state index in [2.05, 4.69) is 4.98 Å². The van der Waals surface area contributed by atoms with E-state index in [4.69, 9.17) is 9.47 Å². The summed E-state index contributed by atoms with van der Waals surface area (Å²) in [5, 5.41) is 0. The van der Waals surface area contributed by atoms with Crippen LogP contribution < -0.4 is 0 Å². The molecule has 3 aliphatic rings. The molecule has 3 fully saturated rings. The quantitative estimate of drug-likeness (QED) is 0.767. The van der Waals surface area contributed by atoms with Gasteiger partial charge in [0.1, 0.15) is 0 Å². The summed E-state index contributed by atoms with van der Waals surface area (Å²) >= 11 is 0. The molecule has 1 atom stereocenters. The fraction of sp³-hybridized carbons (Fsp3) is 0.682. The van der Waals surface area contributed by atoms with Gasteiger partial charge in [0.05, 0.1) is 25.2 Å². The van der Waals surface area contributed by atoms with E-state index in [0.717, 1.165) is 44.3 Å². The molecule has 0 N–H and O–H groups in total. The third kappa shape index (κ3) is 5.14. The highest BCUT2D eigenvalue weighted by Crippen LogP contribution is 2.39. The maximum absolute atomic E-state index is 12.6. The van der Waals surface area contributed by atoms with Gasteiger partial charge in [-0.15, -0.1) is 0 Å². The SMILES string of the molecule is O=C(Cc1cccnc1)N1CCC2(CC1)CC(CC(=O)N1CCOCC1)CCO2. The number of piperidine rings is 1. The predicted octanol–water partition coefficient (Wildman–Crippen LogP) is 1.66. The van der Waals surface area contributed by atoms with Crippen LogP contribution in [-0.2, 0) is 25.5 Å². The molecule has 158 valence electrons. The van der Waals surface area contributed by atoms with Crippen LogP contribution in [-0.4, -0.2) is 78.2 Å². The summed E-state index contributed by atoms with van der Waals surface area (Å²) in [5.41, 5.74) is 0.785. The molecule has 4 heterocycles. The number of carbonyl (C=O) groups excluding carboxylic acids is 2. The van der Waals surface area contributed by atoms with Crippen LogP contribution in [0.2, 0.25) is 0 Å². The molecule has 3 aliphatic heterocycles. The monoisotopic (exact) mass is 401 g/mol. The van der Waals surface area contributed by atoms with E-state index in [0.29, 0.717) is 51.7 Å². The first-order valence-corrected chi connectivity index (χ1v) is 10.8. The van der Waals surface area contributed by atoms with Crippen LogP contribution in [0.4, 0.5) is 0 Å². The van der Waals surface area contributed by atoms with Gasteiger partial charge >= 0.3 is 0 Å². The van der Waals surface area contributed by atoms with Crippen LogP contribution in [0.25, 0.3) is 0 Å². The molecule has 7 heteroatoms. The van der Waals surface area contributed by atoms with Crippen molar-refractivity contribution < 1.29 is 19.1 Å². The lowest BCUT2D eigenvalue weighted by Gasteiger charge is -2.46. The number of rotatable bonds is 4. The van der Waals surface area contributed by atoms with E-state index in [1.807, 2.05) is 21.9 Å². The summed E-state index contributed by atoms with van der Waals surface area (Å²) in [5.74, 6) is 0.777. The summed E-state index contributed by atoms with van der Waals surface area (Å²) in [6, 6.07) is 3.80.